The van der Waals surface area contributed by atoms with Gasteiger partial charge in [0.05, 0.1) is 12.1 Å². The molecule has 2 N–H and O–H groups in total. The van der Waals surface area contributed by atoms with Gasteiger partial charge in [-0.25, -0.2) is 0 Å². The third-order valence-electron chi connectivity index (χ3n) is 3.11. The van der Waals surface area contributed by atoms with Crippen LogP contribution < -0.4 is 10.6 Å². The summed E-state index contributed by atoms with van der Waals surface area (Å²) in [5, 5.41) is 6.91. The fourth-order valence-electron chi connectivity index (χ4n) is 2.06. The first-order valence-corrected chi connectivity index (χ1v) is 6.34. The van der Waals surface area contributed by atoms with Crippen LogP contribution in [-0.2, 0) is 4.79 Å². The lowest BCUT2D eigenvalue weighted by atomic mass is 10.1. The topological polar surface area (TPSA) is 41.1 Å². The van der Waals surface area contributed by atoms with Gasteiger partial charge in [0.25, 0.3) is 0 Å². The van der Waals surface area contributed by atoms with Crippen LogP contribution in [0.3, 0.4) is 0 Å². The van der Waals surface area contributed by atoms with Crippen molar-refractivity contribution in [1.29, 1.82) is 0 Å². The molecule has 2 unspecified atom stereocenters. The molecule has 0 spiro atoms. The molecule has 0 aromatic heterocycles. The summed E-state index contributed by atoms with van der Waals surface area (Å²) in [4.78, 5) is 11.9. The Morgan fingerprint density at radius 2 is 2.18 bits per heavy atom. The maximum absolute atomic E-state index is 11.9. The first kappa shape index (κ1) is 12.4. The molecule has 0 aliphatic carbocycles. The van der Waals surface area contributed by atoms with Crippen LogP contribution in [0.2, 0.25) is 5.02 Å². The zero-order valence-electron chi connectivity index (χ0n) is 9.87. The van der Waals surface area contributed by atoms with E-state index in [1.807, 2.05) is 31.2 Å². The van der Waals surface area contributed by atoms with Crippen molar-refractivity contribution < 1.29 is 4.79 Å². The van der Waals surface area contributed by atoms with E-state index >= 15 is 0 Å². The van der Waals surface area contributed by atoms with Crippen LogP contribution >= 0.6 is 11.6 Å². The minimum Gasteiger partial charge on any atom is -0.348 e. The standard InChI is InChI=1S/C13H17ClN2O/c1-9(10-4-6-11(14)7-5-10)16-13(17)12-3-2-8-15-12/h4-7,9,12,15H,2-3,8H2,1H3,(H,16,17). The van der Waals surface area contributed by atoms with Gasteiger partial charge in [0.15, 0.2) is 0 Å². The van der Waals surface area contributed by atoms with Crippen LogP contribution in [0.5, 0.6) is 0 Å². The molecule has 1 fully saturated rings. The minimum absolute atomic E-state index is 0.0159. The number of hydrogen-bond donors (Lipinski definition) is 2. The zero-order chi connectivity index (χ0) is 12.3. The van der Waals surface area contributed by atoms with Gasteiger partial charge in [-0.3, -0.25) is 4.79 Å². The quantitative estimate of drug-likeness (QED) is 0.867. The van der Waals surface area contributed by atoms with Crippen molar-refractivity contribution in [3.63, 3.8) is 0 Å². The monoisotopic (exact) mass is 252 g/mol. The molecule has 4 heteroatoms. The smallest absolute Gasteiger partial charge is 0.237 e. The fourth-order valence-corrected chi connectivity index (χ4v) is 2.18. The van der Waals surface area contributed by atoms with E-state index in [-0.39, 0.29) is 18.0 Å². The van der Waals surface area contributed by atoms with E-state index in [0.29, 0.717) is 5.02 Å². The lowest BCUT2D eigenvalue weighted by Crippen LogP contribution is -2.41. The molecule has 0 saturated carbocycles. The Labute approximate surface area is 107 Å². The van der Waals surface area contributed by atoms with Gasteiger partial charge in [0.1, 0.15) is 0 Å². The Kier molecular flexibility index (Phi) is 4.02. The Bertz CT molecular complexity index is 385. The van der Waals surface area contributed by atoms with Gasteiger partial charge in [-0.15, -0.1) is 0 Å². The summed E-state index contributed by atoms with van der Waals surface area (Å²) >= 11 is 5.83. The van der Waals surface area contributed by atoms with Gasteiger partial charge in [0.2, 0.25) is 5.91 Å². The number of carbonyl (C=O) groups is 1. The summed E-state index contributed by atoms with van der Waals surface area (Å²) < 4.78 is 0. The molecule has 1 saturated heterocycles. The lowest BCUT2D eigenvalue weighted by molar-refractivity contribution is -0.123. The van der Waals surface area contributed by atoms with Gasteiger partial charge < -0.3 is 10.6 Å². The van der Waals surface area contributed by atoms with E-state index in [1.54, 1.807) is 0 Å². The second-order valence-electron chi connectivity index (χ2n) is 4.43. The number of amides is 1. The van der Waals surface area contributed by atoms with Crippen molar-refractivity contribution in [2.24, 2.45) is 0 Å². The second kappa shape index (κ2) is 5.52. The third kappa shape index (κ3) is 3.20. The van der Waals surface area contributed by atoms with Crippen molar-refractivity contribution >= 4 is 17.5 Å². The van der Waals surface area contributed by atoms with Crippen LogP contribution in [0.4, 0.5) is 0 Å². The molecule has 0 bridgehead atoms. The highest BCUT2D eigenvalue weighted by atomic mass is 35.5. The maximum atomic E-state index is 11.9. The number of hydrogen-bond acceptors (Lipinski definition) is 2. The zero-order valence-corrected chi connectivity index (χ0v) is 10.6. The number of nitrogens with one attached hydrogen (secondary N) is 2. The van der Waals surface area contributed by atoms with E-state index < -0.39 is 0 Å². The first-order valence-electron chi connectivity index (χ1n) is 5.96. The van der Waals surface area contributed by atoms with Crippen LogP contribution in [-0.4, -0.2) is 18.5 Å². The molecule has 2 atom stereocenters. The Balaban J connectivity index is 1.93. The summed E-state index contributed by atoms with van der Waals surface area (Å²) in [6, 6.07) is 7.55. The molecule has 3 nitrogen and oxygen atoms in total. The van der Waals surface area contributed by atoms with Gasteiger partial charge in [-0.2, -0.15) is 0 Å². The molecule has 1 aliphatic heterocycles. The Hall–Kier alpha value is -1.06. The highest BCUT2D eigenvalue weighted by Crippen LogP contribution is 2.16. The van der Waals surface area contributed by atoms with Crippen molar-refractivity contribution in [3.8, 4) is 0 Å². The number of benzene rings is 1. The molecule has 1 heterocycles. The van der Waals surface area contributed by atoms with Gasteiger partial charge in [0, 0.05) is 5.02 Å². The van der Waals surface area contributed by atoms with E-state index in [9.17, 15) is 4.79 Å². The van der Waals surface area contributed by atoms with E-state index in [2.05, 4.69) is 10.6 Å². The van der Waals surface area contributed by atoms with Crippen molar-refractivity contribution in [2.75, 3.05) is 6.54 Å². The Morgan fingerprint density at radius 1 is 1.47 bits per heavy atom. The summed E-state index contributed by atoms with van der Waals surface area (Å²) in [5.74, 6) is 0.0879. The molecule has 2 rings (SSSR count). The van der Waals surface area contributed by atoms with E-state index in [1.165, 1.54) is 0 Å². The summed E-state index contributed by atoms with van der Waals surface area (Å²) in [5.41, 5.74) is 1.07. The maximum Gasteiger partial charge on any atom is 0.237 e. The predicted molar refractivity (Wildman–Crippen MR) is 69.0 cm³/mol. The van der Waals surface area contributed by atoms with Crippen molar-refractivity contribution in [1.82, 2.24) is 10.6 Å². The molecule has 0 radical (unpaired) electrons. The normalized spacial score (nSPS) is 21.2. The fraction of sp³-hybridized carbons (Fsp3) is 0.462. The highest BCUT2D eigenvalue weighted by Gasteiger charge is 2.23. The van der Waals surface area contributed by atoms with Gasteiger partial charge in [-0.1, -0.05) is 23.7 Å². The lowest BCUT2D eigenvalue weighted by Gasteiger charge is -2.17. The average molecular weight is 253 g/mol. The molecule has 1 aromatic rings. The third-order valence-corrected chi connectivity index (χ3v) is 3.36. The average Bonchev–Trinajstić information content (AvgIpc) is 2.83. The molecular formula is C13H17ClN2O. The minimum atomic E-state index is -0.0234. The van der Waals surface area contributed by atoms with Crippen LogP contribution in [0.15, 0.2) is 24.3 Å². The molecule has 1 amide bonds. The number of carbonyl (C=O) groups excluding carboxylic acids is 1. The summed E-state index contributed by atoms with van der Waals surface area (Å²) in [7, 11) is 0. The highest BCUT2D eigenvalue weighted by molar-refractivity contribution is 6.30. The summed E-state index contributed by atoms with van der Waals surface area (Å²) in [6.07, 6.45) is 2.01. The Morgan fingerprint density at radius 3 is 2.76 bits per heavy atom. The van der Waals surface area contributed by atoms with Crippen LogP contribution in [0.25, 0.3) is 0 Å². The van der Waals surface area contributed by atoms with E-state index in [0.717, 1.165) is 24.9 Å². The van der Waals surface area contributed by atoms with Gasteiger partial charge >= 0.3 is 0 Å². The van der Waals surface area contributed by atoms with Gasteiger partial charge in [-0.05, 0) is 44.0 Å². The van der Waals surface area contributed by atoms with Crippen LogP contribution in [0.1, 0.15) is 31.4 Å². The molecule has 17 heavy (non-hydrogen) atoms. The SMILES string of the molecule is CC(NC(=O)C1CCCN1)c1ccc(Cl)cc1. The molecule has 92 valence electrons. The molecular weight excluding hydrogens is 236 g/mol. The second-order valence-corrected chi connectivity index (χ2v) is 4.87. The number of rotatable bonds is 3. The van der Waals surface area contributed by atoms with Crippen molar-refractivity contribution in [3.05, 3.63) is 34.9 Å². The summed E-state index contributed by atoms with van der Waals surface area (Å²) in [6.45, 7) is 2.92. The van der Waals surface area contributed by atoms with E-state index in [4.69, 9.17) is 11.6 Å². The first-order chi connectivity index (χ1) is 8.16. The molecule has 1 aliphatic rings. The van der Waals surface area contributed by atoms with Crippen LogP contribution in [0, 0.1) is 0 Å². The number of halogens is 1. The predicted octanol–water partition coefficient (Wildman–Crippen LogP) is 2.27. The van der Waals surface area contributed by atoms with Crippen molar-refractivity contribution in [2.45, 2.75) is 31.8 Å². The molecule has 1 aromatic carbocycles. The largest absolute Gasteiger partial charge is 0.348 e.